The van der Waals surface area contributed by atoms with Gasteiger partial charge in [0.1, 0.15) is 11.5 Å². The number of benzene rings is 2. The van der Waals surface area contributed by atoms with E-state index in [0.717, 1.165) is 30.3 Å². The molecule has 2 aromatic carbocycles. The Morgan fingerprint density at radius 2 is 2.10 bits per heavy atom. The number of hydrogen-bond acceptors (Lipinski definition) is 3. The maximum absolute atomic E-state index is 5.71. The number of ether oxygens (including phenoxy) is 2. The Morgan fingerprint density at radius 3 is 2.90 bits per heavy atom. The van der Waals surface area contributed by atoms with E-state index in [2.05, 4.69) is 30.4 Å². The predicted octanol–water partition coefficient (Wildman–Crippen LogP) is 3.59. The van der Waals surface area contributed by atoms with Crippen molar-refractivity contribution in [1.29, 1.82) is 0 Å². The van der Waals surface area contributed by atoms with E-state index in [9.17, 15) is 0 Å². The first-order valence-corrected chi connectivity index (χ1v) is 6.88. The number of para-hydroxylation sites is 1. The molecule has 1 N–H and O–H groups in total. The van der Waals surface area contributed by atoms with Gasteiger partial charge in [-0.3, -0.25) is 0 Å². The van der Waals surface area contributed by atoms with Gasteiger partial charge in [-0.15, -0.1) is 0 Å². The van der Waals surface area contributed by atoms with Crippen molar-refractivity contribution in [2.24, 2.45) is 0 Å². The number of nitrogens with one attached hydrogen (secondary N) is 1. The van der Waals surface area contributed by atoms with Crippen LogP contribution in [-0.4, -0.2) is 20.3 Å². The summed E-state index contributed by atoms with van der Waals surface area (Å²) in [5, 5.41) is 3.51. The second-order valence-electron chi connectivity index (χ2n) is 5.11. The van der Waals surface area contributed by atoms with Crippen LogP contribution in [-0.2, 0) is 0 Å². The normalized spacial score (nSPS) is 16.4. The van der Waals surface area contributed by atoms with Gasteiger partial charge in [-0.1, -0.05) is 18.2 Å². The Hall–Kier alpha value is -2.16. The number of fused-ring (bicyclic) bond motifs is 1. The average Bonchev–Trinajstić information content (AvgIpc) is 2.89. The van der Waals surface area contributed by atoms with Crippen LogP contribution in [0.5, 0.6) is 11.5 Å². The zero-order valence-corrected chi connectivity index (χ0v) is 11.8. The standard InChI is InChI=1S/C17H19NO2/c1-12-9-14(19-2)7-8-16(12)18-10-13-11-20-17-6-4-3-5-15(13)17/h3-9,13,18H,10-11H2,1-2H3. The fourth-order valence-corrected chi connectivity index (χ4v) is 2.59. The quantitative estimate of drug-likeness (QED) is 0.920. The second kappa shape index (κ2) is 5.45. The first-order chi connectivity index (χ1) is 9.78. The highest BCUT2D eigenvalue weighted by molar-refractivity contribution is 5.54. The van der Waals surface area contributed by atoms with Crippen molar-refractivity contribution in [3.63, 3.8) is 0 Å². The van der Waals surface area contributed by atoms with Crippen LogP contribution in [0.4, 0.5) is 5.69 Å². The van der Waals surface area contributed by atoms with Gasteiger partial charge in [-0.05, 0) is 36.8 Å². The third-order valence-electron chi connectivity index (χ3n) is 3.77. The van der Waals surface area contributed by atoms with E-state index in [1.165, 1.54) is 11.1 Å². The van der Waals surface area contributed by atoms with Crippen LogP contribution in [0.15, 0.2) is 42.5 Å². The highest BCUT2D eigenvalue weighted by Gasteiger charge is 2.23. The fraction of sp³-hybridized carbons (Fsp3) is 0.294. The minimum atomic E-state index is 0.410. The molecule has 104 valence electrons. The van der Waals surface area contributed by atoms with Crippen LogP contribution in [0.3, 0.4) is 0 Å². The maximum Gasteiger partial charge on any atom is 0.122 e. The van der Waals surface area contributed by atoms with Crippen molar-refractivity contribution < 1.29 is 9.47 Å². The molecule has 0 aliphatic carbocycles. The zero-order valence-electron chi connectivity index (χ0n) is 11.8. The molecule has 3 rings (SSSR count). The Bertz CT molecular complexity index is 610. The summed E-state index contributed by atoms with van der Waals surface area (Å²) >= 11 is 0. The molecule has 1 atom stereocenters. The van der Waals surface area contributed by atoms with Crippen molar-refractivity contribution >= 4 is 5.69 Å². The van der Waals surface area contributed by atoms with Crippen LogP contribution in [0, 0.1) is 6.92 Å². The summed E-state index contributed by atoms with van der Waals surface area (Å²) in [6.45, 7) is 3.72. The highest BCUT2D eigenvalue weighted by Crippen LogP contribution is 2.33. The van der Waals surface area contributed by atoms with E-state index in [4.69, 9.17) is 9.47 Å². The van der Waals surface area contributed by atoms with Crippen LogP contribution in [0.2, 0.25) is 0 Å². The molecule has 0 bridgehead atoms. The third-order valence-corrected chi connectivity index (χ3v) is 3.77. The lowest BCUT2D eigenvalue weighted by Crippen LogP contribution is -2.14. The summed E-state index contributed by atoms with van der Waals surface area (Å²) in [5.41, 5.74) is 3.64. The summed E-state index contributed by atoms with van der Waals surface area (Å²) < 4.78 is 10.9. The molecule has 20 heavy (non-hydrogen) atoms. The molecule has 1 aliphatic heterocycles. The van der Waals surface area contributed by atoms with Gasteiger partial charge in [-0.25, -0.2) is 0 Å². The number of anilines is 1. The lowest BCUT2D eigenvalue weighted by Gasteiger charge is -2.14. The number of rotatable bonds is 4. The summed E-state index contributed by atoms with van der Waals surface area (Å²) in [6, 6.07) is 14.4. The Kier molecular flexibility index (Phi) is 3.50. The Balaban J connectivity index is 1.69. The van der Waals surface area contributed by atoms with Gasteiger partial charge in [-0.2, -0.15) is 0 Å². The summed E-state index contributed by atoms with van der Waals surface area (Å²) in [6.07, 6.45) is 0. The van der Waals surface area contributed by atoms with Crippen LogP contribution >= 0.6 is 0 Å². The topological polar surface area (TPSA) is 30.5 Å². The molecular formula is C17H19NO2. The van der Waals surface area contributed by atoms with Gasteiger partial charge < -0.3 is 14.8 Å². The third kappa shape index (κ3) is 2.44. The molecule has 0 spiro atoms. The van der Waals surface area contributed by atoms with Crippen molar-refractivity contribution in [2.75, 3.05) is 25.6 Å². The largest absolute Gasteiger partial charge is 0.497 e. The van der Waals surface area contributed by atoms with Crippen LogP contribution in [0.1, 0.15) is 17.0 Å². The van der Waals surface area contributed by atoms with Crippen molar-refractivity contribution in [3.8, 4) is 11.5 Å². The van der Waals surface area contributed by atoms with Gasteiger partial charge in [0.15, 0.2) is 0 Å². The predicted molar refractivity (Wildman–Crippen MR) is 80.9 cm³/mol. The summed E-state index contributed by atoms with van der Waals surface area (Å²) in [7, 11) is 1.69. The molecule has 0 radical (unpaired) electrons. The minimum Gasteiger partial charge on any atom is -0.497 e. The van der Waals surface area contributed by atoms with Crippen molar-refractivity contribution in [2.45, 2.75) is 12.8 Å². The van der Waals surface area contributed by atoms with E-state index >= 15 is 0 Å². The number of methoxy groups -OCH3 is 1. The van der Waals surface area contributed by atoms with Crippen LogP contribution in [0.25, 0.3) is 0 Å². The first kappa shape index (κ1) is 12.9. The second-order valence-corrected chi connectivity index (χ2v) is 5.11. The smallest absolute Gasteiger partial charge is 0.122 e. The first-order valence-electron chi connectivity index (χ1n) is 6.88. The molecule has 0 fully saturated rings. The lowest BCUT2D eigenvalue weighted by atomic mass is 10.0. The van der Waals surface area contributed by atoms with E-state index in [-0.39, 0.29) is 0 Å². The minimum absolute atomic E-state index is 0.410. The fourth-order valence-electron chi connectivity index (χ4n) is 2.59. The van der Waals surface area contributed by atoms with Gasteiger partial charge >= 0.3 is 0 Å². The average molecular weight is 269 g/mol. The van der Waals surface area contributed by atoms with Gasteiger partial charge in [0, 0.05) is 23.7 Å². The molecule has 3 heteroatoms. The van der Waals surface area contributed by atoms with Crippen molar-refractivity contribution in [1.82, 2.24) is 0 Å². The highest BCUT2D eigenvalue weighted by atomic mass is 16.5. The van der Waals surface area contributed by atoms with Gasteiger partial charge in [0.2, 0.25) is 0 Å². The van der Waals surface area contributed by atoms with Gasteiger partial charge in [0.05, 0.1) is 13.7 Å². The van der Waals surface area contributed by atoms with E-state index < -0.39 is 0 Å². The van der Waals surface area contributed by atoms with Crippen LogP contribution < -0.4 is 14.8 Å². The summed E-state index contributed by atoms with van der Waals surface area (Å²) in [5.74, 6) is 2.32. The molecule has 0 amide bonds. The number of aryl methyl sites for hydroxylation is 1. The Morgan fingerprint density at radius 1 is 1.25 bits per heavy atom. The maximum atomic E-state index is 5.71. The monoisotopic (exact) mass is 269 g/mol. The molecule has 2 aromatic rings. The molecule has 0 saturated heterocycles. The lowest BCUT2D eigenvalue weighted by molar-refractivity contribution is 0.334. The molecule has 0 aromatic heterocycles. The Labute approximate surface area is 119 Å². The SMILES string of the molecule is COc1ccc(NCC2COc3ccccc32)c(C)c1. The zero-order chi connectivity index (χ0) is 13.9. The molecule has 0 saturated carbocycles. The molecule has 3 nitrogen and oxygen atoms in total. The number of hydrogen-bond donors (Lipinski definition) is 1. The molecule has 1 aliphatic rings. The molecule has 1 heterocycles. The molecule has 1 unspecified atom stereocenters. The van der Waals surface area contributed by atoms with E-state index in [1.807, 2.05) is 24.3 Å². The van der Waals surface area contributed by atoms with E-state index in [0.29, 0.717) is 5.92 Å². The van der Waals surface area contributed by atoms with Crippen molar-refractivity contribution in [3.05, 3.63) is 53.6 Å². The molecular weight excluding hydrogens is 250 g/mol. The van der Waals surface area contributed by atoms with E-state index in [1.54, 1.807) is 7.11 Å². The van der Waals surface area contributed by atoms with Gasteiger partial charge in [0.25, 0.3) is 0 Å². The summed E-state index contributed by atoms with van der Waals surface area (Å²) in [4.78, 5) is 0.